The maximum atomic E-state index is 13.4. The van der Waals surface area contributed by atoms with Gasteiger partial charge in [0.1, 0.15) is 28.8 Å². The third-order valence-electron chi connectivity index (χ3n) is 9.18. The molecule has 0 unspecified atom stereocenters. The number of ketones is 1. The van der Waals surface area contributed by atoms with E-state index >= 15 is 0 Å². The van der Waals surface area contributed by atoms with Crippen molar-refractivity contribution in [3.63, 3.8) is 0 Å². The molecule has 1 aliphatic heterocycles. The molecule has 1 N–H and O–H groups in total. The predicted octanol–water partition coefficient (Wildman–Crippen LogP) is 8.78. The summed E-state index contributed by atoms with van der Waals surface area (Å²) in [5, 5.41) is 11.1. The van der Waals surface area contributed by atoms with Crippen molar-refractivity contribution in [2.75, 3.05) is 13.1 Å². The summed E-state index contributed by atoms with van der Waals surface area (Å²) >= 11 is 0. The van der Waals surface area contributed by atoms with Gasteiger partial charge in [-0.1, -0.05) is 39.5 Å². The molecule has 0 spiro atoms. The number of rotatable bonds is 13. The maximum absolute atomic E-state index is 13.4. The molecule has 0 aliphatic carbocycles. The number of ether oxygens (including phenoxy) is 2. The third kappa shape index (κ3) is 18.6. The van der Waals surface area contributed by atoms with Crippen LogP contribution in [0.1, 0.15) is 88.6 Å². The van der Waals surface area contributed by atoms with Gasteiger partial charge in [0, 0.05) is 31.1 Å². The van der Waals surface area contributed by atoms with E-state index in [4.69, 9.17) is 15.9 Å². The van der Waals surface area contributed by atoms with Gasteiger partial charge in [-0.3, -0.25) is 9.59 Å². The molecule has 0 saturated carbocycles. The molecule has 1 heterocycles. The summed E-state index contributed by atoms with van der Waals surface area (Å²) in [6, 6.07) is 18.0. The van der Waals surface area contributed by atoms with E-state index in [9.17, 15) is 19.1 Å². The first-order valence-corrected chi connectivity index (χ1v) is 19.9. The first kappa shape index (κ1) is 47.7. The zero-order chi connectivity index (χ0) is 44.1. The zero-order valence-corrected chi connectivity index (χ0v) is 35.0. The number of amides is 1. The standard InChI is InChI=1S/C35H42FNO5.C19H4/c1-4-7-33(38)27-8-12-29(13-9-27)41-31-20-26(21-32(23-31)42-30-14-10-28(36)11-15-30)22-34(39)37-18-16-35(40,17-19-37)24-25(5-2)6-3;1-3-5-7-9-11-13-15-17-19-18-16-14-12-10-8-6-4-2/h8-15,20-21,23,25,40H,4-7,16-19,22,24H2,1-3H3;1H,2H3. The number of piperidine rings is 1. The molecule has 4 rings (SSSR count). The number of likely N-dealkylation sites (tertiary alicyclic amines) is 1. The van der Waals surface area contributed by atoms with Crippen molar-refractivity contribution in [3.8, 4) is 130 Å². The molecular weight excluding hydrogens is 762 g/mol. The number of halogens is 1. The van der Waals surface area contributed by atoms with Crippen LogP contribution in [-0.4, -0.2) is 40.4 Å². The maximum Gasteiger partial charge on any atom is 0.226 e. The van der Waals surface area contributed by atoms with E-state index in [-0.39, 0.29) is 23.9 Å². The molecule has 6 nitrogen and oxygen atoms in total. The Morgan fingerprint density at radius 2 is 1.16 bits per heavy atom. The highest BCUT2D eigenvalue weighted by Gasteiger charge is 2.35. The Hall–Kier alpha value is -7.67. The van der Waals surface area contributed by atoms with Gasteiger partial charge in [0.2, 0.25) is 5.91 Å². The van der Waals surface area contributed by atoms with Crippen molar-refractivity contribution in [1.29, 1.82) is 0 Å². The lowest BCUT2D eigenvalue weighted by Crippen LogP contribution is -2.47. The minimum Gasteiger partial charge on any atom is -0.457 e. The molecule has 3 aromatic rings. The van der Waals surface area contributed by atoms with Crippen LogP contribution in [-0.2, 0) is 11.2 Å². The van der Waals surface area contributed by atoms with Crippen molar-refractivity contribution >= 4 is 11.7 Å². The monoisotopic (exact) mass is 807 g/mol. The van der Waals surface area contributed by atoms with E-state index in [1.807, 2.05) is 11.8 Å². The minimum atomic E-state index is -0.714. The molecule has 1 saturated heterocycles. The van der Waals surface area contributed by atoms with Crippen molar-refractivity contribution < 1.29 is 28.6 Å². The normalized spacial score (nSPS) is 11.2. The molecule has 0 bridgehead atoms. The van der Waals surface area contributed by atoms with Crippen LogP contribution in [0, 0.1) is 119 Å². The number of aliphatic hydroxyl groups is 1. The van der Waals surface area contributed by atoms with Gasteiger partial charge in [-0.25, -0.2) is 4.39 Å². The highest BCUT2D eigenvalue weighted by molar-refractivity contribution is 5.96. The fourth-order valence-electron chi connectivity index (χ4n) is 5.99. The molecule has 3 aromatic carbocycles. The van der Waals surface area contributed by atoms with E-state index in [2.05, 4.69) is 114 Å². The van der Waals surface area contributed by atoms with Gasteiger partial charge >= 0.3 is 0 Å². The summed E-state index contributed by atoms with van der Waals surface area (Å²) in [5.41, 5.74) is 0.633. The number of terminal acetylenes is 1. The first-order chi connectivity index (χ1) is 29.6. The summed E-state index contributed by atoms with van der Waals surface area (Å²) in [5.74, 6) is 44.0. The quantitative estimate of drug-likeness (QED) is 0.138. The largest absolute Gasteiger partial charge is 0.457 e. The number of hydrogen-bond acceptors (Lipinski definition) is 5. The van der Waals surface area contributed by atoms with Crippen LogP contribution in [0.3, 0.4) is 0 Å². The first-order valence-electron chi connectivity index (χ1n) is 19.9. The number of nitrogens with zero attached hydrogens (tertiary/aromatic N) is 1. The lowest BCUT2D eigenvalue weighted by molar-refractivity contribution is -0.135. The SMILES string of the molecule is C#CC#CC#CC#CC#CC#CC#CC#CC#CC.CCCC(=O)c1ccc(Oc2cc(CC(=O)N3CCC(O)(CC(CC)CC)CC3)cc(Oc3ccc(F)cc3)c2)cc1. The average molecular weight is 808 g/mol. The second kappa shape index (κ2) is 27.1. The predicted molar refractivity (Wildman–Crippen MR) is 239 cm³/mol. The molecular formula is C54H46FNO5. The van der Waals surface area contributed by atoms with E-state index in [0.717, 1.165) is 25.7 Å². The Labute approximate surface area is 361 Å². The second-order valence-electron chi connectivity index (χ2n) is 13.6. The van der Waals surface area contributed by atoms with Crippen molar-refractivity contribution in [2.45, 2.75) is 84.7 Å². The zero-order valence-electron chi connectivity index (χ0n) is 35.0. The highest BCUT2D eigenvalue weighted by Crippen LogP contribution is 2.33. The van der Waals surface area contributed by atoms with Crippen LogP contribution in [0.2, 0.25) is 0 Å². The van der Waals surface area contributed by atoms with Crippen molar-refractivity contribution in [2.24, 2.45) is 5.92 Å². The Kier molecular flexibility index (Phi) is 21.2. The Morgan fingerprint density at radius 1 is 0.705 bits per heavy atom. The van der Waals surface area contributed by atoms with Crippen LogP contribution in [0.4, 0.5) is 4.39 Å². The van der Waals surface area contributed by atoms with Crippen LogP contribution >= 0.6 is 0 Å². The van der Waals surface area contributed by atoms with Gasteiger partial charge in [0.05, 0.1) is 12.0 Å². The van der Waals surface area contributed by atoms with Gasteiger partial charge in [-0.2, -0.15) is 0 Å². The van der Waals surface area contributed by atoms with Gasteiger partial charge in [-0.15, -0.1) is 6.42 Å². The summed E-state index contributed by atoms with van der Waals surface area (Å²) in [4.78, 5) is 27.4. The Bertz CT molecular complexity index is 2550. The van der Waals surface area contributed by atoms with E-state index in [1.165, 1.54) is 24.3 Å². The fraction of sp³-hybridized carbons (Fsp3) is 0.296. The van der Waals surface area contributed by atoms with Crippen LogP contribution in [0.15, 0.2) is 66.7 Å². The van der Waals surface area contributed by atoms with Crippen molar-refractivity contribution in [1.82, 2.24) is 4.90 Å². The molecule has 1 fully saturated rings. The second-order valence-corrected chi connectivity index (χ2v) is 13.6. The topological polar surface area (TPSA) is 76.1 Å². The minimum absolute atomic E-state index is 0.0248. The molecule has 0 aromatic heterocycles. The lowest BCUT2D eigenvalue weighted by atomic mass is 9.81. The molecule has 61 heavy (non-hydrogen) atoms. The summed E-state index contributed by atoms with van der Waals surface area (Å²) in [6.45, 7) is 9.03. The van der Waals surface area contributed by atoms with Crippen LogP contribution in [0.25, 0.3) is 0 Å². The fourth-order valence-corrected chi connectivity index (χ4v) is 5.99. The van der Waals surface area contributed by atoms with E-state index < -0.39 is 5.60 Å². The summed E-state index contributed by atoms with van der Waals surface area (Å²) in [6.07, 6.45) is 10.3. The lowest BCUT2D eigenvalue weighted by Gasteiger charge is -2.40. The molecule has 1 amide bonds. The summed E-state index contributed by atoms with van der Waals surface area (Å²) < 4.78 is 25.5. The Balaban J connectivity index is 0.000000441. The average Bonchev–Trinajstić information content (AvgIpc) is 3.25. The molecule has 0 atom stereocenters. The van der Waals surface area contributed by atoms with Gasteiger partial charge in [0.15, 0.2) is 5.78 Å². The smallest absolute Gasteiger partial charge is 0.226 e. The molecule has 1 aliphatic rings. The van der Waals surface area contributed by atoms with Crippen LogP contribution in [0.5, 0.6) is 23.0 Å². The summed E-state index contributed by atoms with van der Waals surface area (Å²) in [7, 11) is 0. The number of carbonyl (C=O) groups is 2. The van der Waals surface area contributed by atoms with E-state index in [1.54, 1.807) is 49.4 Å². The van der Waals surface area contributed by atoms with Gasteiger partial charge in [-0.05, 0) is 199 Å². The van der Waals surface area contributed by atoms with Crippen LogP contribution < -0.4 is 9.47 Å². The molecule has 7 heteroatoms. The number of hydrogen-bond donors (Lipinski definition) is 1. The van der Waals surface area contributed by atoms with E-state index in [0.29, 0.717) is 72.4 Å². The van der Waals surface area contributed by atoms with Crippen molar-refractivity contribution in [3.05, 3.63) is 83.7 Å². The number of benzene rings is 3. The number of carbonyl (C=O) groups excluding carboxylic acids is 2. The molecule has 304 valence electrons. The molecule has 0 radical (unpaired) electrons. The van der Waals surface area contributed by atoms with Gasteiger partial charge < -0.3 is 19.5 Å². The van der Waals surface area contributed by atoms with Gasteiger partial charge in [0.25, 0.3) is 0 Å². The number of Topliss-reactive ketones (excluding diaryl/α,β-unsaturated/α-hetero) is 1. The Morgan fingerprint density at radius 3 is 1.61 bits per heavy atom. The highest BCUT2D eigenvalue weighted by atomic mass is 19.1. The third-order valence-corrected chi connectivity index (χ3v) is 9.18.